The number of rotatable bonds is 2. The fraction of sp³-hybridized carbons (Fsp3) is 1.00. The highest BCUT2D eigenvalue weighted by Gasteiger charge is 2.23. The van der Waals surface area contributed by atoms with Gasteiger partial charge in [0.2, 0.25) is 0 Å². The summed E-state index contributed by atoms with van der Waals surface area (Å²) in [6, 6.07) is 0. The molecule has 2 nitrogen and oxygen atoms in total. The summed E-state index contributed by atoms with van der Waals surface area (Å²) in [5.41, 5.74) is 0. The molecule has 0 aromatic rings. The maximum Gasteiger partial charge on any atom is 0.0564 e. The Kier molecular flexibility index (Phi) is 2.66. The van der Waals surface area contributed by atoms with E-state index < -0.39 is 0 Å². The van der Waals surface area contributed by atoms with Crippen LogP contribution in [0, 0.1) is 5.92 Å². The SMILES string of the molecule is OC1CCN(CC2CCC2)CC1. The van der Waals surface area contributed by atoms with Crippen molar-refractivity contribution in [2.45, 2.75) is 38.2 Å². The van der Waals surface area contributed by atoms with Gasteiger partial charge in [-0.05, 0) is 31.6 Å². The number of piperidine rings is 1. The van der Waals surface area contributed by atoms with Gasteiger partial charge in [0.25, 0.3) is 0 Å². The zero-order valence-electron chi connectivity index (χ0n) is 7.71. The Bertz CT molecular complexity index is 137. The number of aliphatic hydroxyl groups excluding tert-OH is 1. The van der Waals surface area contributed by atoms with Crippen LogP contribution >= 0.6 is 0 Å². The van der Waals surface area contributed by atoms with Crippen molar-refractivity contribution in [3.8, 4) is 0 Å². The molecule has 0 atom stereocenters. The second-order valence-corrected chi connectivity index (χ2v) is 4.33. The first-order valence-electron chi connectivity index (χ1n) is 5.25. The van der Waals surface area contributed by atoms with Crippen LogP contribution in [0.2, 0.25) is 0 Å². The predicted octanol–water partition coefficient (Wildman–Crippen LogP) is 1.24. The minimum atomic E-state index is -0.0114. The maximum absolute atomic E-state index is 9.31. The maximum atomic E-state index is 9.31. The number of hydrogen-bond donors (Lipinski definition) is 1. The van der Waals surface area contributed by atoms with Crippen molar-refractivity contribution in [3.05, 3.63) is 0 Å². The molecule has 1 saturated carbocycles. The first-order chi connectivity index (χ1) is 5.84. The van der Waals surface area contributed by atoms with Crippen molar-refractivity contribution in [2.24, 2.45) is 5.92 Å². The standard InChI is InChI=1S/C10H19NO/c12-10-4-6-11(7-5-10)8-9-2-1-3-9/h9-10,12H,1-8H2. The van der Waals surface area contributed by atoms with Crippen LogP contribution in [0.4, 0.5) is 0 Å². The number of hydrogen-bond acceptors (Lipinski definition) is 2. The highest BCUT2D eigenvalue weighted by atomic mass is 16.3. The summed E-state index contributed by atoms with van der Waals surface area (Å²) in [4.78, 5) is 2.52. The van der Waals surface area contributed by atoms with Crippen LogP contribution in [0.5, 0.6) is 0 Å². The molecule has 1 saturated heterocycles. The predicted molar refractivity (Wildman–Crippen MR) is 49.0 cm³/mol. The Balaban J connectivity index is 1.67. The second-order valence-electron chi connectivity index (χ2n) is 4.33. The Morgan fingerprint density at radius 1 is 1.08 bits per heavy atom. The quantitative estimate of drug-likeness (QED) is 0.672. The molecule has 0 aromatic carbocycles. The molecule has 2 aliphatic rings. The fourth-order valence-corrected chi connectivity index (χ4v) is 2.14. The van der Waals surface area contributed by atoms with Gasteiger partial charge < -0.3 is 10.0 Å². The largest absolute Gasteiger partial charge is 0.393 e. The van der Waals surface area contributed by atoms with E-state index in [1.165, 1.54) is 25.8 Å². The Morgan fingerprint density at radius 3 is 2.25 bits per heavy atom. The molecule has 1 heterocycles. The Labute approximate surface area is 74.6 Å². The summed E-state index contributed by atoms with van der Waals surface area (Å²) in [6.07, 6.45) is 6.31. The number of aliphatic hydroxyl groups is 1. The Hall–Kier alpha value is -0.0800. The van der Waals surface area contributed by atoms with E-state index in [4.69, 9.17) is 0 Å². The number of likely N-dealkylation sites (tertiary alicyclic amines) is 1. The molecule has 1 aliphatic heterocycles. The lowest BCUT2D eigenvalue weighted by molar-refractivity contribution is 0.0662. The van der Waals surface area contributed by atoms with Gasteiger partial charge >= 0.3 is 0 Å². The Morgan fingerprint density at radius 2 is 1.75 bits per heavy atom. The van der Waals surface area contributed by atoms with Crippen LogP contribution in [0.25, 0.3) is 0 Å². The molecule has 1 N–H and O–H groups in total. The summed E-state index contributed by atoms with van der Waals surface area (Å²) >= 11 is 0. The minimum absolute atomic E-state index is 0.0114. The normalized spacial score (nSPS) is 28.8. The van der Waals surface area contributed by atoms with Crippen LogP contribution in [-0.4, -0.2) is 35.7 Å². The van der Waals surface area contributed by atoms with Gasteiger partial charge in [-0.2, -0.15) is 0 Å². The van der Waals surface area contributed by atoms with E-state index in [2.05, 4.69) is 4.90 Å². The summed E-state index contributed by atoms with van der Waals surface area (Å²) in [6.45, 7) is 3.54. The van der Waals surface area contributed by atoms with E-state index in [1.54, 1.807) is 0 Å². The highest BCUT2D eigenvalue weighted by Crippen LogP contribution is 2.27. The third-order valence-corrected chi connectivity index (χ3v) is 3.30. The van der Waals surface area contributed by atoms with Crippen LogP contribution in [0.3, 0.4) is 0 Å². The topological polar surface area (TPSA) is 23.5 Å². The van der Waals surface area contributed by atoms with Crippen molar-refractivity contribution in [1.29, 1.82) is 0 Å². The zero-order chi connectivity index (χ0) is 8.39. The highest BCUT2D eigenvalue weighted by molar-refractivity contribution is 4.77. The van der Waals surface area contributed by atoms with Gasteiger partial charge in [0.1, 0.15) is 0 Å². The van der Waals surface area contributed by atoms with E-state index in [9.17, 15) is 5.11 Å². The second kappa shape index (κ2) is 3.75. The molecular weight excluding hydrogens is 150 g/mol. The first-order valence-corrected chi connectivity index (χ1v) is 5.25. The average Bonchev–Trinajstić information content (AvgIpc) is 2.00. The van der Waals surface area contributed by atoms with Gasteiger partial charge in [0, 0.05) is 19.6 Å². The van der Waals surface area contributed by atoms with Crippen LogP contribution in [0.15, 0.2) is 0 Å². The lowest BCUT2D eigenvalue weighted by Gasteiger charge is -2.35. The summed E-state index contributed by atoms with van der Waals surface area (Å²) in [5.74, 6) is 0.986. The lowest BCUT2D eigenvalue weighted by atomic mass is 9.85. The van der Waals surface area contributed by atoms with E-state index in [-0.39, 0.29) is 6.10 Å². The van der Waals surface area contributed by atoms with E-state index in [0.717, 1.165) is 31.8 Å². The molecular formula is C10H19NO. The molecule has 70 valence electrons. The van der Waals surface area contributed by atoms with Gasteiger partial charge in [-0.3, -0.25) is 0 Å². The first kappa shape index (κ1) is 8.52. The van der Waals surface area contributed by atoms with Crippen molar-refractivity contribution in [3.63, 3.8) is 0 Å². The third kappa shape index (κ3) is 1.99. The molecule has 0 amide bonds. The average molecular weight is 169 g/mol. The zero-order valence-corrected chi connectivity index (χ0v) is 7.71. The van der Waals surface area contributed by atoms with Gasteiger partial charge in [0.15, 0.2) is 0 Å². The molecule has 0 bridgehead atoms. The smallest absolute Gasteiger partial charge is 0.0564 e. The van der Waals surface area contributed by atoms with Crippen molar-refractivity contribution < 1.29 is 5.11 Å². The lowest BCUT2D eigenvalue weighted by Crippen LogP contribution is -2.40. The molecule has 2 rings (SSSR count). The van der Waals surface area contributed by atoms with Crippen molar-refractivity contribution in [2.75, 3.05) is 19.6 Å². The van der Waals surface area contributed by atoms with Crippen molar-refractivity contribution in [1.82, 2.24) is 4.90 Å². The van der Waals surface area contributed by atoms with Gasteiger partial charge in [-0.25, -0.2) is 0 Å². The van der Waals surface area contributed by atoms with Crippen LogP contribution < -0.4 is 0 Å². The fourth-order valence-electron chi connectivity index (χ4n) is 2.14. The van der Waals surface area contributed by atoms with E-state index >= 15 is 0 Å². The van der Waals surface area contributed by atoms with Crippen molar-refractivity contribution >= 4 is 0 Å². The molecule has 0 aromatic heterocycles. The monoisotopic (exact) mass is 169 g/mol. The molecule has 2 fully saturated rings. The molecule has 1 aliphatic carbocycles. The minimum Gasteiger partial charge on any atom is -0.393 e. The molecule has 0 spiro atoms. The molecule has 0 radical (unpaired) electrons. The van der Waals surface area contributed by atoms with Gasteiger partial charge in [-0.15, -0.1) is 0 Å². The van der Waals surface area contributed by atoms with Gasteiger partial charge in [0.05, 0.1) is 6.10 Å². The number of nitrogens with zero attached hydrogens (tertiary/aromatic N) is 1. The third-order valence-electron chi connectivity index (χ3n) is 3.30. The van der Waals surface area contributed by atoms with Crippen LogP contribution in [-0.2, 0) is 0 Å². The van der Waals surface area contributed by atoms with E-state index in [1.807, 2.05) is 0 Å². The summed E-state index contributed by atoms with van der Waals surface area (Å²) in [5, 5.41) is 9.31. The molecule has 0 unspecified atom stereocenters. The molecule has 12 heavy (non-hydrogen) atoms. The molecule has 2 heteroatoms. The van der Waals surface area contributed by atoms with Gasteiger partial charge in [-0.1, -0.05) is 6.42 Å². The summed E-state index contributed by atoms with van der Waals surface area (Å²) in [7, 11) is 0. The van der Waals surface area contributed by atoms with E-state index in [0.29, 0.717) is 0 Å². The summed E-state index contributed by atoms with van der Waals surface area (Å²) < 4.78 is 0. The van der Waals surface area contributed by atoms with Crippen LogP contribution in [0.1, 0.15) is 32.1 Å².